The standard InChI is InChI=1S/C29H29FIN5O4S/c1-33-17-22(20-8-11-36(41-31)27(20)28(33)37)21-14-18(29(38)39-2)6-7-24(21)40-25-5-3-4-23(26(25)30)35-15-19(16-35)34-12-9-32-10-13-34/h3-8,11,14,17,19,32H,9-10,12-13,15-16H2,1-2H3. The summed E-state index contributed by atoms with van der Waals surface area (Å²) in [6, 6.07) is 12.3. The normalized spacial score (nSPS) is 16.1. The topological polar surface area (TPSA) is 81.0 Å². The average Bonchev–Trinajstić information content (AvgIpc) is 3.41. The lowest BCUT2D eigenvalue weighted by atomic mass is 10.00. The highest BCUT2D eigenvalue weighted by Gasteiger charge is 2.34. The van der Waals surface area contributed by atoms with Crippen molar-refractivity contribution < 1.29 is 18.7 Å². The number of aromatic nitrogens is 2. The van der Waals surface area contributed by atoms with Gasteiger partial charge >= 0.3 is 5.97 Å². The maximum absolute atomic E-state index is 15.9. The number of ether oxygens (including phenoxy) is 2. The molecule has 0 aliphatic carbocycles. The van der Waals surface area contributed by atoms with Crippen molar-refractivity contribution in [3.05, 3.63) is 76.6 Å². The maximum Gasteiger partial charge on any atom is 0.337 e. The van der Waals surface area contributed by atoms with E-state index in [2.05, 4.69) is 31.4 Å². The molecule has 2 fully saturated rings. The van der Waals surface area contributed by atoms with Gasteiger partial charge in [-0.05, 0) is 36.4 Å². The lowest BCUT2D eigenvalue weighted by Crippen LogP contribution is -2.63. The first-order valence-corrected chi connectivity index (χ1v) is 16.6. The number of esters is 1. The number of hydrogen-bond donors (Lipinski definition) is 1. The second-order valence-corrected chi connectivity index (χ2v) is 11.9. The van der Waals surface area contributed by atoms with E-state index in [9.17, 15) is 9.59 Å². The molecule has 6 rings (SSSR count). The highest BCUT2D eigenvalue weighted by molar-refractivity contribution is 14.2. The second-order valence-electron chi connectivity index (χ2n) is 10.2. The molecule has 2 aliphatic heterocycles. The van der Waals surface area contributed by atoms with E-state index in [0.29, 0.717) is 45.1 Å². The fourth-order valence-electron chi connectivity index (χ4n) is 5.55. The van der Waals surface area contributed by atoms with E-state index in [1.807, 2.05) is 17.2 Å². The molecule has 2 aliphatic rings. The predicted octanol–water partition coefficient (Wildman–Crippen LogP) is 4.67. The number of halogens is 2. The van der Waals surface area contributed by atoms with Gasteiger partial charge in [-0.3, -0.25) is 13.7 Å². The molecule has 0 bridgehead atoms. The smallest absolute Gasteiger partial charge is 0.337 e. The van der Waals surface area contributed by atoms with E-state index in [0.717, 1.165) is 39.3 Å². The van der Waals surface area contributed by atoms with Gasteiger partial charge in [0.15, 0.2) is 11.6 Å². The summed E-state index contributed by atoms with van der Waals surface area (Å²) in [7, 11) is 4.37. The molecule has 0 atom stereocenters. The molecule has 0 radical (unpaired) electrons. The summed E-state index contributed by atoms with van der Waals surface area (Å²) in [6.45, 7) is 5.51. The fraction of sp³-hybridized carbons (Fsp3) is 0.310. The molecule has 0 unspecified atom stereocenters. The summed E-state index contributed by atoms with van der Waals surface area (Å²) in [6.07, 6.45) is 3.53. The number of pyridine rings is 1. The molecule has 2 aromatic carbocycles. The molecule has 0 amide bonds. The number of carbonyl (C=O) groups is 1. The van der Waals surface area contributed by atoms with Gasteiger partial charge in [-0.15, -0.1) is 0 Å². The summed E-state index contributed by atoms with van der Waals surface area (Å²) in [5, 5.41) is 4.06. The van der Waals surface area contributed by atoms with Gasteiger partial charge in [0.05, 0.1) is 18.4 Å². The number of nitrogens with one attached hydrogen (secondary N) is 1. The second kappa shape index (κ2) is 11.7. The van der Waals surface area contributed by atoms with Crippen molar-refractivity contribution in [3.8, 4) is 22.6 Å². The number of aryl methyl sites for hydroxylation is 1. The van der Waals surface area contributed by atoms with Gasteiger partial charge in [0.2, 0.25) is 0 Å². The molecule has 9 nitrogen and oxygen atoms in total. The van der Waals surface area contributed by atoms with Gasteiger partial charge in [-0.1, -0.05) is 6.07 Å². The van der Waals surface area contributed by atoms with Crippen molar-refractivity contribution in [2.45, 2.75) is 6.04 Å². The number of hydrogen-bond acceptors (Lipinski definition) is 8. The van der Waals surface area contributed by atoms with Gasteiger partial charge in [0.1, 0.15) is 11.3 Å². The van der Waals surface area contributed by atoms with Crippen molar-refractivity contribution >= 4 is 52.9 Å². The Morgan fingerprint density at radius 1 is 1.10 bits per heavy atom. The van der Waals surface area contributed by atoms with E-state index in [-0.39, 0.29) is 11.3 Å². The SMILES string of the molecule is COC(=O)c1ccc(Oc2cccc(N3CC(N4CCNCC4)C3)c2F)c(-c2cn(C)c(=O)c3c2ccn3SI)c1. The summed E-state index contributed by atoms with van der Waals surface area (Å²) in [5.74, 6) is -0.510. The zero-order valence-electron chi connectivity index (χ0n) is 22.6. The monoisotopic (exact) mass is 689 g/mol. The number of carbonyl (C=O) groups excluding carboxylic acids is 1. The molecule has 2 saturated heterocycles. The summed E-state index contributed by atoms with van der Waals surface area (Å²) in [5.41, 5.74) is 2.37. The van der Waals surface area contributed by atoms with Crippen LogP contribution in [0.25, 0.3) is 22.0 Å². The van der Waals surface area contributed by atoms with Crippen LogP contribution in [0.3, 0.4) is 0 Å². The van der Waals surface area contributed by atoms with Crippen LogP contribution in [-0.2, 0) is 11.8 Å². The quantitative estimate of drug-likeness (QED) is 0.222. The number of nitrogens with zero attached hydrogens (tertiary/aromatic N) is 4. The first-order valence-electron chi connectivity index (χ1n) is 13.3. The molecular weight excluding hydrogens is 660 g/mol. The van der Waals surface area contributed by atoms with Gasteiger partial charge in [-0.25, -0.2) is 9.18 Å². The van der Waals surface area contributed by atoms with Crippen molar-refractivity contribution in [2.75, 3.05) is 51.3 Å². The van der Waals surface area contributed by atoms with E-state index >= 15 is 4.39 Å². The molecule has 12 heteroatoms. The molecule has 1 N–H and O–H groups in total. The van der Waals surface area contributed by atoms with Gasteiger partial charge in [0.25, 0.3) is 5.56 Å². The molecule has 0 saturated carbocycles. The van der Waals surface area contributed by atoms with Crippen molar-refractivity contribution in [3.63, 3.8) is 0 Å². The van der Waals surface area contributed by atoms with Crippen LogP contribution in [0.2, 0.25) is 0 Å². The lowest BCUT2D eigenvalue weighted by molar-refractivity contribution is 0.0600. The molecule has 214 valence electrons. The number of piperazine rings is 1. The molecule has 2 aromatic heterocycles. The number of benzene rings is 2. The Morgan fingerprint density at radius 3 is 2.61 bits per heavy atom. The largest absolute Gasteiger partial charge is 0.465 e. The summed E-state index contributed by atoms with van der Waals surface area (Å²) < 4.78 is 30.4. The molecule has 4 heterocycles. The minimum absolute atomic E-state index is 0.0849. The summed E-state index contributed by atoms with van der Waals surface area (Å²) >= 11 is 2.12. The third-order valence-electron chi connectivity index (χ3n) is 7.79. The Bertz CT molecular complexity index is 1680. The maximum atomic E-state index is 15.9. The third kappa shape index (κ3) is 5.22. The number of fused-ring (bicyclic) bond motifs is 1. The van der Waals surface area contributed by atoms with E-state index in [1.165, 1.54) is 20.8 Å². The Kier molecular flexibility index (Phi) is 7.99. The number of rotatable bonds is 7. The highest BCUT2D eigenvalue weighted by atomic mass is 127. The van der Waals surface area contributed by atoms with Crippen LogP contribution in [0.1, 0.15) is 10.4 Å². The summed E-state index contributed by atoms with van der Waals surface area (Å²) in [4.78, 5) is 30.0. The Morgan fingerprint density at radius 2 is 1.88 bits per heavy atom. The first-order chi connectivity index (χ1) is 19.9. The minimum atomic E-state index is -0.510. The van der Waals surface area contributed by atoms with E-state index < -0.39 is 11.8 Å². The van der Waals surface area contributed by atoms with Gasteiger partial charge in [0, 0.05) is 112 Å². The number of anilines is 1. The van der Waals surface area contributed by atoms with Crippen molar-refractivity contribution in [1.82, 2.24) is 18.8 Å². The van der Waals surface area contributed by atoms with Crippen LogP contribution in [0.15, 0.2) is 59.7 Å². The Hall–Kier alpha value is -3.07. The van der Waals surface area contributed by atoms with E-state index in [1.54, 1.807) is 53.6 Å². The predicted molar refractivity (Wildman–Crippen MR) is 168 cm³/mol. The Labute approximate surface area is 252 Å². The fourth-order valence-corrected chi connectivity index (χ4v) is 6.88. The molecule has 4 aromatic rings. The molecular formula is C29H29FIN5O4S. The van der Waals surface area contributed by atoms with Crippen LogP contribution < -0.4 is 20.5 Å². The molecule has 41 heavy (non-hydrogen) atoms. The Balaban J connectivity index is 1.37. The highest BCUT2D eigenvalue weighted by Crippen LogP contribution is 2.40. The average molecular weight is 690 g/mol. The van der Waals surface area contributed by atoms with Gasteiger partial charge < -0.3 is 24.3 Å². The van der Waals surface area contributed by atoms with Crippen LogP contribution in [0.4, 0.5) is 10.1 Å². The van der Waals surface area contributed by atoms with Crippen molar-refractivity contribution in [1.29, 1.82) is 0 Å². The third-order valence-corrected chi connectivity index (χ3v) is 9.51. The number of methoxy groups -OCH3 is 1. The molecule has 0 spiro atoms. The zero-order valence-corrected chi connectivity index (χ0v) is 25.6. The first kappa shape index (κ1) is 28.1. The van der Waals surface area contributed by atoms with E-state index in [4.69, 9.17) is 9.47 Å². The van der Waals surface area contributed by atoms with Crippen LogP contribution >= 0.6 is 30.3 Å². The lowest BCUT2D eigenvalue weighted by Gasteiger charge is -2.48. The van der Waals surface area contributed by atoms with Crippen LogP contribution in [-0.4, -0.2) is 71.8 Å². The van der Waals surface area contributed by atoms with Gasteiger partial charge in [-0.2, -0.15) is 0 Å². The van der Waals surface area contributed by atoms with Crippen LogP contribution in [0, 0.1) is 5.82 Å². The zero-order chi connectivity index (χ0) is 28.7. The minimum Gasteiger partial charge on any atom is -0.465 e. The van der Waals surface area contributed by atoms with Crippen molar-refractivity contribution in [2.24, 2.45) is 7.05 Å². The van der Waals surface area contributed by atoms with Crippen LogP contribution in [0.5, 0.6) is 11.5 Å².